The fourth-order valence-electron chi connectivity index (χ4n) is 2.36. The van der Waals surface area contributed by atoms with Gasteiger partial charge >= 0.3 is 0 Å². The standard InChI is InChI=1S/C20H22N4O2S/c1-3-24-13-19(26-17-7-5-4-6-8-17)22-20(23-24)27-14-18(25)21-16-11-9-15(2)10-12-16/h4-12H,3,13-14H2,1-2H3,(H,21,25). The quantitative estimate of drug-likeness (QED) is 0.855. The number of hydrogen-bond acceptors (Lipinski definition) is 6. The SMILES string of the molecule is CCN1CC(Oc2ccccc2)=NC(SCC(=O)Nc2ccc(C)cc2)=N1. The summed E-state index contributed by atoms with van der Waals surface area (Å²) < 4.78 is 5.84. The fourth-order valence-corrected chi connectivity index (χ4v) is 3.04. The lowest BCUT2D eigenvalue weighted by molar-refractivity contribution is -0.113. The highest BCUT2D eigenvalue weighted by Gasteiger charge is 2.17. The molecule has 0 radical (unpaired) electrons. The number of ether oxygens (including phenoxy) is 1. The minimum atomic E-state index is -0.0964. The van der Waals surface area contributed by atoms with Gasteiger partial charge in [-0.05, 0) is 38.1 Å². The van der Waals surface area contributed by atoms with E-state index in [4.69, 9.17) is 4.74 Å². The molecule has 140 valence electrons. The molecule has 1 heterocycles. The predicted molar refractivity (Wildman–Crippen MR) is 111 cm³/mol. The van der Waals surface area contributed by atoms with E-state index in [1.165, 1.54) is 11.8 Å². The summed E-state index contributed by atoms with van der Waals surface area (Å²) in [5.74, 6) is 1.43. The largest absolute Gasteiger partial charge is 0.441 e. The van der Waals surface area contributed by atoms with E-state index in [1.54, 1.807) is 0 Å². The highest BCUT2D eigenvalue weighted by atomic mass is 32.2. The van der Waals surface area contributed by atoms with Gasteiger partial charge in [0.25, 0.3) is 0 Å². The van der Waals surface area contributed by atoms with Gasteiger partial charge in [-0.3, -0.25) is 9.80 Å². The molecule has 2 aromatic rings. The Morgan fingerprint density at radius 1 is 1.19 bits per heavy atom. The number of thioether (sulfide) groups is 1. The van der Waals surface area contributed by atoms with Crippen molar-refractivity contribution in [3.05, 3.63) is 60.2 Å². The zero-order chi connectivity index (χ0) is 19.1. The monoisotopic (exact) mass is 382 g/mol. The first-order valence-corrected chi connectivity index (χ1v) is 9.74. The number of hydrogen-bond donors (Lipinski definition) is 1. The van der Waals surface area contributed by atoms with E-state index in [1.807, 2.05) is 73.5 Å². The minimum Gasteiger partial charge on any atom is -0.441 e. The molecule has 0 saturated carbocycles. The number of amides is 1. The molecule has 0 unspecified atom stereocenters. The van der Waals surface area contributed by atoms with Gasteiger partial charge < -0.3 is 10.1 Å². The topological polar surface area (TPSA) is 66.3 Å². The molecule has 1 amide bonds. The third-order valence-corrected chi connectivity index (χ3v) is 4.61. The van der Waals surface area contributed by atoms with E-state index in [9.17, 15) is 4.79 Å². The molecule has 0 spiro atoms. The van der Waals surface area contributed by atoms with Crippen molar-refractivity contribution in [3.63, 3.8) is 0 Å². The van der Waals surface area contributed by atoms with E-state index in [2.05, 4.69) is 15.4 Å². The van der Waals surface area contributed by atoms with Crippen molar-refractivity contribution in [3.8, 4) is 5.75 Å². The van der Waals surface area contributed by atoms with Gasteiger partial charge in [0.2, 0.25) is 17.0 Å². The minimum absolute atomic E-state index is 0.0964. The fraction of sp³-hybridized carbons (Fsp3) is 0.250. The molecule has 0 atom stereocenters. The Kier molecular flexibility index (Phi) is 6.49. The first kappa shape index (κ1) is 19.0. The molecule has 0 saturated heterocycles. The van der Waals surface area contributed by atoms with E-state index in [-0.39, 0.29) is 11.7 Å². The molecule has 0 aromatic heterocycles. The molecule has 0 aliphatic carbocycles. The number of aliphatic imine (C=N–C) groups is 1. The molecule has 2 aromatic carbocycles. The molecule has 3 rings (SSSR count). The van der Waals surface area contributed by atoms with Gasteiger partial charge in [-0.25, -0.2) is 0 Å². The highest BCUT2D eigenvalue weighted by Crippen LogP contribution is 2.16. The number of anilines is 1. The average Bonchev–Trinajstić information content (AvgIpc) is 2.69. The Bertz CT molecular complexity index is 835. The summed E-state index contributed by atoms with van der Waals surface area (Å²) in [6, 6.07) is 17.2. The van der Waals surface area contributed by atoms with Crippen molar-refractivity contribution in [2.45, 2.75) is 13.8 Å². The number of carbonyl (C=O) groups is 1. The van der Waals surface area contributed by atoms with E-state index in [0.29, 0.717) is 17.6 Å². The van der Waals surface area contributed by atoms with Crippen LogP contribution in [0.2, 0.25) is 0 Å². The van der Waals surface area contributed by atoms with E-state index < -0.39 is 0 Å². The molecule has 7 heteroatoms. The van der Waals surface area contributed by atoms with Crippen molar-refractivity contribution < 1.29 is 9.53 Å². The first-order chi connectivity index (χ1) is 13.1. The van der Waals surface area contributed by atoms with Gasteiger partial charge in [0.1, 0.15) is 12.3 Å². The second kappa shape index (κ2) is 9.23. The van der Waals surface area contributed by atoms with Gasteiger partial charge in [0.15, 0.2) is 0 Å². The zero-order valence-electron chi connectivity index (χ0n) is 15.4. The van der Waals surface area contributed by atoms with E-state index >= 15 is 0 Å². The van der Waals surface area contributed by atoms with Crippen molar-refractivity contribution in [2.24, 2.45) is 10.1 Å². The second-order valence-corrected chi connectivity index (χ2v) is 6.93. The van der Waals surface area contributed by atoms with Crippen LogP contribution in [0.1, 0.15) is 12.5 Å². The van der Waals surface area contributed by atoms with Gasteiger partial charge in [0, 0.05) is 12.2 Å². The van der Waals surface area contributed by atoms with Crippen molar-refractivity contribution in [1.82, 2.24) is 5.01 Å². The number of rotatable bonds is 5. The number of likely N-dealkylation sites (N-methyl/N-ethyl adjacent to an activating group) is 1. The number of aryl methyl sites for hydroxylation is 1. The summed E-state index contributed by atoms with van der Waals surface area (Å²) in [5.41, 5.74) is 1.93. The molecule has 0 fully saturated rings. The van der Waals surface area contributed by atoms with Crippen LogP contribution in [0.25, 0.3) is 0 Å². The van der Waals surface area contributed by atoms with Crippen LogP contribution >= 0.6 is 11.8 Å². The number of hydrazone groups is 1. The summed E-state index contributed by atoms with van der Waals surface area (Å²) in [6.45, 7) is 5.26. The van der Waals surface area contributed by atoms with Crippen LogP contribution in [-0.2, 0) is 4.79 Å². The maximum Gasteiger partial charge on any atom is 0.234 e. The third kappa shape index (κ3) is 5.86. The van der Waals surface area contributed by atoms with Crippen LogP contribution in [0.5, 0.6) is 5.75 Å². The maximum atomic E-state index is 12.2. The van der Waals surface area contributed by atoms with Crippen LogP contribution in [0, 0.1) is 6.92 Å². The molecule has 1 aliphatic heterocycles. The molecule has 0 bridgehead atoms. The predicted octanol–water partition coefficient (Wildman–Crippen LogP) is 3.75. The van der Waals surface area contributed by atoms with Crippen molar-refractivity contribution in [2.75, 3.05) is 24.2 Å². The Labute approximate surface area is 163 Å². The molecule has 27 heavy (non-hydrogen) atoms. The second-order valence-electron chi connectivity index (χ2n) is 5.99. The number of nitrogens with one attached hydrogen (secondary N) is 1. The van der Waals surface area contributed by atoms with Crippen LogP contribution in [0.15, 0.2) is 64.7 Å². The Hall–Kier alpha value is -2.80. The van der Waals surface area contributed by atoms with Gasteiger partial charge in [-0.1, -0.05) is 47.7 Å². The summed E-state index contributed by atoms with van der Waals surface area (Å²) >= 11 is 1.29. The van der Waals surface area contributed by atoms with Crippen LogP contribution in [-0.4, -0.2) is 40.8 Å². The van der Waals surface area contributed by atoms with Gasteiger partial charge in [0.05, 0.1) is 5.75 Å². The van der Waals surface area contributed by atoms with Gasteiger partial charge in [-0.15, -0.1) is 5.10 Å². The van der Waals surface area contributed by atoms with E-state index in [0.717, 1.165) is 23.5 Å². The Morgan fingerprint density at radius 3 is 2.63 bits per heavy atom. The van der Waals surface area contributed by atoms with Crippen LogP contribution in [0.3, 0.4) is 0 Å². The third-order valence-electron chi connectivity index (χ3n) is 3.78. The molecule has 1 N–H and O–H groups in total. The van der Waals surface area contributed by atoms with Crippen LogP contribution in [0.4, 0.5) is 5.69 Å². The first-order valence-electron chi connectivity index (χ1n) is 8.75. The number of carbonyl (C=O) groups excluding carboxylic acids is 1. The molecular weight excluding hydrogens is 360 g/mol. The number of amidine groups is 1. The number of benzene rings is 2. The summed E-state index contributed by atoms with van der Waals surface area (Å²) in [6.07, 6.45) is 0. The lowest BCUT2D eigenvalue weighted by Crippen LogP contribution is -2.33. The smallest absolute Gasteiger partial charge is 0.234 e. The normalized spacial score (nSPS) is 13.6. The van der Waals surface area contributed by atoms with Crippen molar-refractivity contribution >= 4 is 34.4 Å². The summed E-state index contributed by atoms with van der Waals surface area (Å²) in [5, 5.41) is 9.71. The summed E-state index contributed by atoms with van der Waals surface area (Å²) in [4.78, 5) is 16.6. The summed E-state index contributed by atoms with van der Waals surface area (Å²) in [7, 11) is 0. The highest BCUT2D eigenvalue weighted by molar-refractivity contribution is 8.14. The lowest BCUT2D eigenvalue weighted by atomic mass is 10.2. The Balaban J connectivity index is 1.59. The van der Waals surface area contributed by atoms with Crippen molar-refractivity contribution in [1.29, 1.82) is 0 Å². The van der Waals surface area contributed by atoms with Gasteiger partial charge in [-0.2, -0.15) is 4.99 Å². The zero-order valence-corrected chi connectivity index (χ0v) is 16.2. The molecule has 6 nitrogen and oxygen atoms in total. The lowest BCUT2D eigenvalue weighted by Gasteiger charge is -2.23. The maximum absolute atomic E-state index is 12.2. The molecule has 1 aliphatic rings. The number of nitrogens with zero attached hydrogens (tertiary/aromatic N) is 3. The Morgan fingerprint density at radius 2 is 1.93 bits per heavy atom. The van der Waals surface area contributed by atoms with Crippen LogP contribution < -0.4 is 10.1 Å². The molecular formula is C20H22N4O2S. The number of para-hydroxylation sites is 1. The average molecular weight is 382 g/mol.